The lowest BCUT2D eigenvalue weighted by atomic mass is 10.3. The predicted octanol–water partition coefficient (Wildman–Crippen LogP) is 1.54. The summed E-state index contributed by atoms with van der Waals surface area (Å²) in [6, 6.07) is 3.84. The normalized spacial score (nSPS) is 10.6. The molecule has 0 aliphatic rings. The lowest BCUT2D eigenvalue weighted by Gasteiger charge is -1.99. The van der Waals surface area contributed by atoms with E-state index in [2.05, 4.69) is 27.6 Å². The third-order valence-corrected chi connectivity index (χ3v) is 2.47. The SMILES string of the molecule is Cn1ccc2cc(I)cnc2c1=O. The highest BCUT2D eigenvalue weighted by atomic mass is 127. The number of nitrogens with zero attached hydrogens (tertiary/aromatic N) is 2. The van der Waals surface area contributed by atoms with Crippen LogP contribution in [0.25, 0.3) is 10.9 Å². The Bertz CT molecular complexity index is 518. The zero-order valence-corrected chi connectivity index (χ0v) is 9.15. The molecule has 4 heteroatoms. The van der Waals surface area contributed by atoms with Crippen LogP contribution in [-0.4, -0.2) is 9.55 Å². The molecule has 2 heterocycles. The first kappa shape index (κ1) is 8.68. The first-order valence-electron chi connectivity index (χ1n) is 3.79. The second-order valence-electron chi connectivity index (χ2n) is 2.82. The fraction of sp³-hybridized carbons (Fsp3) is 0.111. The zero-order chi connectivity index (χ0) is 9.42. The Labute approximate surface area is 88.6 Å². The van der Waals surface area contributed by atoms with E-state index in [-0.39, 0.29) is 5.56 Å². The Morgan fingerprint density at radius 1 is 1.54 bits per heavy atom. The molecule has 0 unspecified atom stereocenters. The molecule has 0 radical (unpaired) electrons. The highest BCUT2D eigenvalue weighted by Crippen LogP contribution is 2.10. The van der Waals surface area contributed by atoms with Crippen LogP contribution in [0.2, 0.25) is 0 Å². The first-order chi connectivity index (χ1) is 6.18. The molecule has 0 fully saturated rings. The molecule has 13 heavy (non-hydrogen) atoms. The van der Waals surface area contributed by atoms with Crippen molar-refractivity contribution < 1.29 is 0 Å². The van der Waals surface area contributed by atoms with Crippen molar-refractivity contribution in [3.63, 3.8) is 0 Å². The molecule has 0 aliphatic carbocycles. The Morgan fingerprint density at radius 3 is 3.08 bits per heavy atom. The summed E-state index contributed by atoms with van der Waals surface area (Å²) in [5, 5.41) is 0.898. The largest absolute Gasteiger partial charge is 0.317 e. The van der Waals surface area contributed by atoms with Gasteiger partial charge in [0.25, 0.3) is 5.56 Å². The van der Waals surface area contributed by atoms with Crippen LogP contribution in [0.4, 0.5) is 0 Å². The molecule has 0 aliphatic heterocycles. The molecule has 0 saturated heterocycles. The van der Waals surface area contributed by atoms with E-state index in [1.54, 1.807) is 19.4 Å². The Kier molecular flexibility index (Phi) is 2.07. The number of aromatic nitrogens is 2. The van der Waals surface area contributed by atoms with Crippen molar-refractivity contribution in [2.24, 2.45) is 7.05 Å². The second-order valence-corrected chi connectivity index (χ2v) is 4.07. The summed E-state index contributed by atoms with van der Waals surface area (Å²) in [5.41, 5.74) is 0.485. The van der Waals surface area contributed by atoms with Crippen molar-refractivity contribution in [2.75, 3.05) is 0 Å². The van der Waals surface area contributed by atoms with Crippen LogP contribution >= 0.6 is 22.6 Å². The zero-order valence-electron chi connectivity index (χ0n) is 6.99. The van der Waals surface area contributed by atoms with Crippen molar-refractivity contribution >= 4 is 33.5 Å². The number of hydrogen-bond donors (Lipinski definition) is 0. The number of aryl methyl sites for hydroxylation is 1. The van der Waals surface area contributed by atoms with E-state index in [4.69, 9.17) is 0 Å². The molecule has 3 nitrogen and oxygen atoms in total. The standard InChI is InChI=1S/C9H7IN2O/c1-12-3-2-6-4-7(10)5-11-8(6)9(12)13/h2-5H,1H3. The monoisotopic (exact) mass is 286 g/mol. The molecule has 0 amide bonds. The van der Waals surface area contributed by atoms with Gasteiger partial charge < -0.3 is 4.57 Å². The Balaban J connectivity index is 2.95. The van der Waals surface area contributed by atoms with Crippen LogP contribution in [0.15, 0.2) is 29.3 Å². The van der Waals surface area contributed by atoms with E-state index in [1.807, 2.05) is 12.1 Å². The molecule has 2 rings (SSSR count). The highest BCUT2D eigenvalue weighted by Gasteiger charge is 2.00. The fourth-order valence-electron chi connectivity index (χ4n) is 1.19. The third-order valence-electron chi connectivity index (χ3n) is 1.88. The molecule has 0 bridgehead atoms. The lowest BCUT2D eigenvalue weighted by Crippen LogP contribution is -2.16. The van der Waals surface area contributed by atoms with Gasteiger partial charge in [-0.1, -0.05) is 0 Å². The number of fused-ring (bicyclic) bond motifs is 1. The summed E-state index contributed by atoms with van der Waals surface area (Å²) in [5.74, 6) is 0. The maximum absolute atomic E-state index is 11.5. The topological polar surface area (TPSA) is 34.9 Å². The van der Waals surface area contributed by atoms with E-state index < -0.39 is 0 Å². The van der Waals surface area contributed by atoms with Crippen LogP contribution in [0, 0.1) is 3.57 Å². The maximum atomic E-state index is 11.5. The van der Waals surface area contributed by atoms with Crippen LogP contribution in [0.3, 0.4) is 0 Å². The molecule has 2 aromatic heterocycles. The summed E-state index contributed by atoms with van der Waals surface area (Å²) in [7, 11) is 1.72. The minimum atomic E-state index is -0.0473. The van der Waals surface area contributed by atoms with Crippen molar-refractivity contribution in [1.82, 2.24) is 9.55 Å². The minimum Gasteiger partial charge on any atom is -0.317 e. The van der Waals surface area contributed by atoms with E-state index in [0.717, 1.165) is 8.96 Å². The third kappa shape index (κ3) is 1.46. The number of pyridine rings is 2. The van der Waals surface area contributed by atoms with Gasteiger partial charge in [-0.15, -0.1) is 0 Å². The van der Waals surface area contributed by atoms with Crippen molar-refractivity contribution in [3.05, 3.63) is 38.5 Å². The van der Waals surface area contributed by atoms with Gasteiger partial charge in [0.2, 0.25) is 0 Å². The van der Waals surface area contributed by atoms with Crippen LogP contribution < -0.4 is 5.56 Å². The van der Waals surface area contributed by atoms with E-state index in [1.165, 1.54) is 4.57 Å². The van der Waals surface area contributed by atoms with Gasteiger partial charge in [0.1, 0.15) is 5.52 Å². The first-order valence-corrected chi connectivity index (χ1v) is 4.87. The van der Waals surface area contributed by atoms with Crippen LogP contribution in [0.5, 0.6) is 0 Å². The second kappa shape index (κ2) is 3.10. The average molecular weight is 286 g/mol. The quantitative estimate of drug-likeness (QED) is 0.689. The average Bonchev–Trinajstić information content (AvgIpc) is 2.12. The molecule has 0 saturated carbocycles. The van der Waals surface area contributed by atoms with Gasteiger partial charge >= 0.3 is 0 Å². The van der Waals surface area contributed by atoms with Crippen LogP contribution in [0.1, 0.15) is 0 Å². The van der Waals surface area contributed by atoms with Gasteiger partial charge in [-0.25, -0.2) is 4.98 Å². The minimum absolute atomic E-state index is 0.0473. The van der Waals surface area contributed by atoms with E-state index in [0.29, 0.717) is 5.52 Å². The fourth-order valence-corrected chi connectivity index (χ4v) is 1.66. The summed E-state index contributed by atoms with van der Waals surface area (Å²) in [6.45, 7) is 0. The number of rotatable bonds is 0. The molecule has 66 valence electrons. The summed E-state index contributed by atoms with van der Waals surface area (Å²) < 4.78 is 2.57. The van der Waals surface area contributed by atoms with Crippen molar-refractivity contribution in [1.29, 1.82) is 0 Å². The number of halogens is 1. The summed E-state index contributed by atoms with van der Waals surface area (Å²) >= 11 is 2.18. The Hall–Kier alpha value is -0.910. The molecule has 0 aromatic carbocycles. The van der Waals surface area contributed by atoms with Crippen LogP contribution in [-0.2, 0) is 7.05 Å². The molecule has 2 aromatic rings. The molecular weight excluding hydrogens is 279 g/mol. The predicted molar refractivity (Wildman–Crippen MR) is 59.7 cm³/mol. The summed E-state index contributed by atoms with van der Waals surface area (Å²) in [4.78, 5) is 15.6. The van der Waals surface area contributed by atoms with Gasteiger partial charge in [0, 0.05) is 28.4 Å². The highest BCUT2D eigenvalue weighted by molar-refractivity contribution is 14.1. The maximum Gasteiger partial charge on any atom is 0.276 e. The van der Waals surface area contributed by atoms with Gasteiger partial charge in [0.15, 0.2) is 0 Å². The number of hydrogen-bond acceptors (Lipinski definition) is 2. The Morgan fingerprint density at radius 2 is 2.31 bits per heavy atom. The molecule has 0 spiro atoms. The smallest absolute Gasteiger partial charge is 0.276 e. The van der Waals surface area contributed by atoms with Gasteiger partial charge in [-0.2, -0.15) is 0 Å². The van der Waals surface area contributed by atoms with Gasteiger partial charge in [-0.3, -0.25) is 4.79 Å². The molecule has 0 N–H and O–H groups in total. The van der Waals surface area contributed by atoms with Gasteiger partial charge in [-0.05, 0) is 34.7 Å². The van der Waals surface area contributed by atoms with E-state index >= 15 is 0 Å². The summed E-state index contributed by atoms with van der Waals surface area (Å²) in [6.07, 6.45) is 3.45. The lowest BCUT2D eigenvalue weighted by molar-refractivity contribution is 0.869. The van der Waals surface area contributed by atoms with E-state index in [9.17, 15) is 4.79 Å². The molecule has 0 atom stereocenters. The van der Waals surface area contributed by atoms with Gasteiger partial charge in [0.05, 0.1) is 0 Å². The molecular formula is C9H7IN2O. The van der Waals surface area contributed by atoms with Crippen molar-refractivity contribution in [3.8, 4) is 0 Å². The van der Waals surface area contributed by atoms with Crippen molar-refractivity contribution in [2.45, 2.75) is 0 Å².